The number of nitrogens with zero attached hydrogens (tertiary/aromatic N) is 3. The first kappa shape index (κ1) is 9.51. The van der Waals surface area contributed by atoms with Crippen LogP contribution in [0.15, 0.2) is 36.7 Å². The van der Waals surface area contributed by atoms with Crippen LogP contribution in [0, 0.1) is 0 Å². The Bertz CT molecular complexity index is 410. The Morgan fingerprint density at radius 3 is 2.93 bits per heavy atom. The predicted molar refractivity (Wildman–Crippen MR) is 59.4 cm³/mol. The highest BCUT2D eigenvalue weighted by molar-refractivity contribution is 5.65. The predicted octanol–water partition coefficient (Wildman–Crippen LogP) is 0.972. The molecule has 0 fully saturated rings. The summed E-state index contributed by atoms with van der Waals surface area (Å²) in [4.78, 5) is 0. The molecule has 0 spiro atoms. The van der Waals surface area contributed by atoms with Crippen LogP contribution >= 0.6 is 0 Å². The maximum absolute atomic E-state index is 5.78. The number of anilines is 2. The quantitative estimate of drug-likeness (QED) is 0.726. The molecule has 78 valence electrons. The second kappa shape index (κ2) is 4.45. The minimum atomic E-state index is 0.760. The number of nitrogens with one attached hydrogen (secondary N) is 1. The highest BCUT2D eigenvalue weighted by atomic mass is 15.4. The molecule has 1 aromatic heterocycles. The fourth-order valence-electron chi connectivity index (χ4n) is 1.32. The summed E-state index contributed by atoms with van der Waals surface area (Å²) in [6.45, 7) is 1.55. The van der Waals surface area contributed by atoms with Crippen molar-refractivity contribution in [3.8, 4) is 0 Å². The molecule has 0 aliphatic heterocycles. The Kier molecular flexibility index (Phi) is 2.82. The normalized spacial score (nSPS) is 10.1. The smallest absolute Gasteiger partial charge is 0.0692 e. The van der Waals surface area contributed by atoms with E-state index in [1.54, 1.807) is 10.9 Å². The molecule has 2 aromatic rings. The van der Waals surface area contributed by atoms with E-state index in [1.165, 1.54) is 0 Å². The Balaban J connectivity index is 1.86. The first-order valence-corrected chi connectivity index (χ1v) is 4.79. The standard InChI is InChI=1S/C10H13N5/c11-9-3-1-2-4-10(9)12-5-7-15-8-6-13-14-15/h1-4,6,8,12H,5,7,11H2. The van der Waals surface area contributed by atoms with E-state index in [0.29, 0.717) is 0 Å². The first-order valence-electron chi connectivity index (χ1n) is 4.79. The largest absolute Gasteiger partial charge is 0.397 e. The molecule has 0 saturated heterocycles. The Labute approximate surface area is 87.9 Å². The Morgan fingerprint density at radius 1 is 1.33 bits per heavy atom. The van der Waals surface area contributed by atoms with Gasteiger partial charge in [0.25, 0.3) is 0 Å². The third kappa shape index (κ3) is 2.46. The summed E-state index contributed by atoms with van der Waals surface area (Å²) in [6.07, 6.45) is 3.49. The molecular weight excluding hydrogens is 190 g/mol. The van der Waals surface area contributed by atoms with E-state index in [0.717, 1.165) is 24.5 Å². The zero-order valence-corrected chi connectivity index (χ0v) is 8.30. The van der Waals surface area contributed by atoms with Crippen molar-refractivity contribution in [1.82, 2.24) is 15.0 Å². The Hall–Kier alpha value is -2.04. The fourth-order valence-corrected chi connectivity index (χ4v) is 1.32. The van der Waals surface area contributed by atoms with Crippen molar-refractivity contribution in [2.24, 2.45) is 0 Å². The number of rotatable bonds is 4. The summed E-state index contributed by atoms with van der Waals surface area (Å²) in [5.74, 6) is 0. The minimum Gasteiger partial charge on any atom is -0.397 e. The number of benzene rings is 1. The maximum Gasteiger partial charge on any atom is 0.0692 e. The van der Waals surface area contributed by atoms with E-state index in [2.05, 4.69) is 15.6 Å². The number of para-hydroxylation sites is 2. The lowest BCUT2D eigenvalue weighted by Crippen LogP contribution is -2.11. The number of aromatic nitrogens is 3. The average molecular weight is 203 g/mol. The zero-order chi connectivity index (χ0) is 10.5. The van der Waals surface area contributed by atoms with Gasteiger partial charge >= 0.3 is 0 Å². The minimum absolute atomic E-state index is 0.760. The van der Waals surface area contributed by atoms with Crippen molar-refractivity contribution in [2.75, 3.05) is 17.6 Å². The van der Waals surface area contributed by atoms with Gasteiger partial charge < -0.3 is 11.1 Å². The molecule has 0 aliphatic carbocycles. The number of hydrogen-bond acceptors (Lipinski definition) is 4. The summed E-state index contributed by atoms with van der Waals surface area (Å²) in [5.41, 5.74) is 7.50. The van der Waals surface area contributed by atoms with Crippen LogP contribution in [0.3, 0.4) is 0 Å². The number of nitrogen functional groups attached to an aromatic ring is 1. The molecule has 5 heteroatoms. The molecule has 15 heavy (non-hydrogen) atoms. The van der Waals surface area contributed by atoms with Gasteiger partial charge in [-0.3, -0.25) is 4.68 Å². The second-order valence-electron chi connectivity index (χ2n) is 3.18. The summed E-state index contributed by atoms with van der Waals surface area (Å²) in [5, 5.41) is 10.8. The third-order valence-corrected chi connectivity index (χ3v) is 2.09. The molecule has 0 radical (unpaired) electrons. The summed E-state index contributed by atoms with van der Waals surface area (Å²) < 4.78 is 1.77. The van der Waals surface area contributed by atoms with Crippen LogP contribution in [0.4, 0.5) is 11.4 Å². The van der Waals surface area contributed by atoms with Crippen LogP contribution in [-0.2, 0) is 6.54 Å². The Morgan fingerprint density at radius 2 is 2.20 bits per heavy atom. The van der Waals surface area contributed by atoms with Crippen LogP contribution in [0.5, 0.6) is 0 Å². The van der Waals surface area contributed by atoms with Crippen LogP contribution in [0.1, 0.15) is 0 Å². The number of hydrogen-bond donors (Lipinski definition) is 2. The molecule has 5 nitrogen and oxygen atoms in total. The molecule has 1 aromatic carbocycles. The van der Waals surface area contributed by atoms with Crippen LogP contribution < -0.4 is 11.1 Å². The summed E-state index contributed by atoms with van der Waals surface area (Å²) in [6, 6.07) is 7.70. The molecule has 3 N–H and O–H groups in total. The molecule has 2 rings (SSSR count). The van der Waals surface area contributed by atoms with E-state index in [4.69, 9.17) is 5.73 Å². The van der Waals surface area contributed by atoms with Gasteiger partial charge in [0.1, 0.15) is 0 Å². The average Bonchev–Trinajstić information content (AvgIpc) is 2.74. The van der Waals surface area contributed by atoms with Gasteiger partial charge in [0, 0.05) is 12.7 Å². The van der Waals surface area contributed by atoms with Crippen molar-refractivity contribution in [3.63, 3.8) is 0 Å². The summed E-state index contributed by atoms with van der Waals surface area (Å²) in [7, 11) is 0. The maximum atomic E-state index is 5.78. The van der Waals surface area contributed by atoms with E-state index < -0.39 is 0 Å². The highest BCUT2D eigenvalue weighted by Gasteiger charge is 1.96. The van der Waals surface area contributed by atoms with Crippen molar-refractivity contribution in [1.29, 1.82) is 0 Å². The lowest BCUT2D eigenvalue weighted by atomic mass is 10.3. The lowest BCUT2D eigenvalue weighted by Gasteiger charge is -2.08. The van der Waals surface area contributed by atoms with E-state index in [9.17, 15) is 0 Å². The molecule has 0 atom stereocenters. The second-order valence-corrected chi connectivity index (χ2v) is 3.18. The monoisotopic (exact) mass is 203 g/mol. The van der Waals surface area contributed by atoms with Crippen LogP contribution in [-0.4, -0.2) is 21.5 Å². The van der Waals surface area contributed by atoms with Gasteiger partial charge in [0.05, 0.1) is 24.1 Å². The fraction of sp³-hybridized carbons (Fsp3) is 0.200. The van der Waals surface area contributed by atoms with E-state index in [-0.39, 0.29) is 0 Å². The SMILES string of the molecule is Nc1ccccc1NCCn1ccnn1. The number of nitrogens with two attached hydrogens (primary N) is 1. The highest BCUT2D eigenvalue weighted by Crippen LogP contribution is 2.15. The zero-order valence-electron chi connectivity index (χ0n) is 8.30. The van der Waals surface area contributed by atoms with Gasteiger partial charge in [0.2, 0.25) is 0 Å². The van der Waals surface area contributed by atoms with Crippen molar-refractivity contribution < 1.29 is 0 Å². The van der Waals surface area contributed by atoms with Gasteiger partial charge in [0.15, 0.2) is 0 Å². The molecule has 0 unspecified atom stereocenters. The molecule has 0 saturated carbocycles. The molecule has 0 bridgehead atoms. The third-order valence-electron chi connectivity index (χ3n) is 2.09. The van der Waals surface area contributed by atoms with Crippen LogP contribution in [0.25, 0.3) is 0 Å². The molecule has 1 heterocycles. The topological polar surface area (TPSA) is 68.8 Å². The molecular formula is C10H13N5. The van der Waals surface area contributed by atoms with Crippen molar-refractivity contribution >= 4 is 11.4 Å². The van der Waals surface area contributed by atoms with Gasteiger partial charge in [-0.15, -0.1) is 5.10 Å². The van der Waals surface area contributed by atoms with Crippen molar-refractivity contribution in [3.05, 3.63) is 36.7 Å². The van der Waals surface area contributed by atoms with Crippen molar-refractivity contribution in [2.45, 2.75) is 6.54 Å². The van der Waals surface area contributed by atoms with Gasteiger partial charge in [-0.05, 0) is 12.1 Å². The van der Waals surface area contributed by atoms with Gasteiger partial charge in [-0.25, -0.2) is 0 Å². The molecule has 0 aliphatic rings. The van der Waals surface area contributed by atoms with Gasteiger partial charge in [-0.1, -0.05) is 17.3 Å². The van der Waals surface area contributed by atoms with E-state index >= 15 is 0 Å². The lowest BCUT2D eigenvalue weighted by molar-refractivity contribution is 0.609. The van der Waals surface area contributed by atoms with Gasteiger partial charge in [-0.2, -0.15) is 0 Å². The first-order chi connectivity index (χ1) is 7.36. The van der Waals surface area contributed by atoms with Crippen LogP contribution in [0.2, 0.25) is 0 Å². The molecule has 0 amide bonds. The van der Waals surface area contributed by atoms with E-state index in [1.807, 2.05) is 30.5 Å². The summed E-state index contributed by atoms with van der Waals surface area (Å²) >= 11 is 0.